The molecule has 26 heavy (non-hydrogen) atoms. The highest BCUT2D eigenvalue weighted by Gasteiger charge is 2.56. The molecule has 5 heteroatoms. The highest BCUT2D eigenvalue weighted by atomic mass is 35.5. The molecule has 0 bridgehead atoms. The Labute approximate surface area is 163 Å². The number of aromatic nitrogens is 2. The SMILES string of the molecule is CC(CN(Cc1nccn1C)C1CC12CCNCC2)c1ccccc1.Cl. The minimum Gasteiger partial charge on any atom is -0.337 e. The van der Waals surface area contributed by atoms with Crippen LogP contribution in [0.15, 0.2) is 42.7 Å². The Morgan fingerprint density at radius 2 is 2.00 bits per heavy atom. The largest absolute Gasteiger partial charge is 0.337 e. The Hall–Kier alpha value is -1.36. The maximum atomic E-state index is 4.59. The van der Waals surface area contributed by atoms with Crippen LogP contribution in [0.2, 0.25) is 0 Å². The van der Waals surface area contributed by atoms with Gasteiger partial charge in [-0.3, -0.25) is 4.90 Å². The van der Waals surface area contributed by atoms with E-state index in [1.54, 1.807) is 0 Å². The number of benzene rings is 1. The van der Waals surface area contributed by atoms with Gasteiger partial charge in [0.05, 0.1) is 6.54 Å². The van der Waals surface area contributed by atoms with Crippen molar-refractivity contribution >= 4 is 12.4 Å². The van der Waals surface area contributed by atoms with Crippen molar-refractivity contribution in [1.82, 2.24) is 19.8 Å². The van der Waals surface area contributed by atoms with E-state index in [9.17, 15) is 0 Å². The summed E-state index contributed by atoms with van der Waals surface area (Å²) in [7, 11) is 2.11. The number of imidazole rings is 1. The minimum absolute atomic E-state index is 0. The summed E-state index contributed by atoms with van der Waals surface area (Å²) in [5.74, 6) is 1.72. The van der Waals surface area contributed by atoms with Gasteiger partial charge in [0.2, 0.25) is 0 Å². The maximum Gasteiger partial charge on any atom is 0.122 e. The highest BCUT2D eigenvalue weighted by Crippen LogP contribution is 2.56. The molecule has 1 aliphatic heterocycles. The standard InChI is InChI=1S/C21H30N4.ClH/c1-17(18-6-4-3-5-7-18)15-25(16-20-23-12-13-24(20)2)19-14-21(19)8-10-22-11-9-21;/h3-7,12-13,17,19,22H,8-11,14-16H2,1-2H3;1H. The first-order valence-corrected chi connectivity index (χ1v) is 9.64. The van der Waals surface area contributed by atoms with Crippen LogP contribution in [0.5, 0.6) is 0 Å². The number of aryl methyl sites for hydroxylation is 1. The van der Waals surface area contributed by atoms with Crippen LogP contribution in [0.4, 0.5) is 0 Å². The van der Waals surface area contributed by atoms with Gasteiger partial charge in [0.15, 0.2) is 0 Å². The Morgan fingerprint density at radius 1 is 1.27 bits per heavy atom. The molecule has 0 radical (unpaired) electrons. The lowest BCUT2D eigenvalue weighted by atomic mass is 9.93. The fourth-order valence-electron chi connectivity index (χ4n) is 4.58. The van der Waals surface area contributed by atoms with E-state index in [1.807, 2.05) is 6.20 Å². The third-order valence-corrected chi connectivity index (χ3v) is 6.33. The molecular formula is C21H31ClN4. The summed E-state index contributed by atoms with van der Waals surface area (Å²) in [4.78, 5) is 7.30. The third kappa shape index (κ3) is 3.98. The molecule has 1 aliphatic carbocycles. The summed E-state index contributed by atoms with van der Waals surface area (Å²) in [5.41, 5.74) is 2.00. The minimum atomic E-state index is 0. The molecule has 2 unspecified atom stereocenters. The summed E-state index contributed by atoms with van der Waals surface area (Å²) in [5, 5.41) is 3.53. The van der Waals surface area contributed by atoms with Gasteiger partial charge in [-0.05, 0) is 49.2 Å². The lowest BCUT2D eigenvalue weighted by molar-refractivity contribution is 0.182. The van der Waals surface area contributed by atoms with E-state index in [0.29, 0.717) is 11.3 Å². The predicted octanol–water partition coefficient (Wildman–Crippen LogP) is 3.59. The molecule has 0 amide bonds. The maximum absolute atomic E-state index is 4.59. The van der Waals surface area contributed by atoms with E-state index in [4.69, 9.17) is 0 Å². The van der Waals surface area contributed by atoms with Crippen LogP contribution in [-0.2, 0) is 13.6 Å². The van der Waals surface area contributed by atoms with Gasteiger partial charge in [-0.2, -0.15) is 0 Å². The summed E-state index contributed by atoms with van der Waals surface area (Å²) in [6.45, 7) is 6.79. The van der Waals surface area contributed by atoms with Gasteiger partial charge in [-0.15, -0.1) is 12.4 Å². The Kier molecular flexibility index (Phi) is 6.06. The molecule has 4 rings (SSSR count). The fourth-order valence-corrected chi connectivity index (χ4v) is 4.58. The zero-order valence-corrected chi connectivity index (χ0v) is 16.7. The van der Waals surface area contributed by atoms with Crippen LogP contribution in [0.1, 0.15) is 43.5 Å². The highest BCUT2D eigenvalue weighted by molar-refractivity contribution is 5.85. The van der Waals surface area contributed by atoms with Crippen molar-refractivity contribution in [3.63, 3.8) is 0 Å². The van der Waals surface area contributed by atoms with Gasteiger partial charge in [0.25, 0.3) is 0 Å². The molecule has 142 valence electrons. The summed E-state index contributed by atoms with van der Waals surface area (Å²) in [6.07, 6.45) is 7.99. The predicted molar refractivity (Wildman–Crippen MR) is 109 cm³/mol. The van der Waals surface area contributed by atoms with Crippen molar-refractivity contribution in [3.05, 3.63) is 54.1 Å². The molecule has 2 atom stereocenters. The second-order valence-corrected chi connectivity index (χ2v) is 8.03. The van der Waals surface area contributed by atoms with E-state index in [-0.39, 0.29) is 12.4 Å². The molecule has 1 saturated heterocycles. The van der Waals surface area contributed by atoms with E-state index < -0.39 is 0 Å². The van der Waals surface area contributed by atoms with Crippen LogP contribution in [0.3, 0.4) is 0 Å². The smallest absolute Gasteiger partial charge is 0.122 e. The van der Waals surface area contributed by atoms with Crippen LogP contribution in [0, 0.1) is 5.41 Å². The Bertz CT molecular complexity index is 693. The number of hydrogen-bond donors (Lipinski definition) is 1. The van der Waals surface area contributed by atoms with E-state index >= 15 is 0 Å². The van der Waals surface area contributed by atoms with Gasteiger partial charge < -0.3 is 9.88 Å². The van der Waals surface area contributed by atoms with Crippen LogP contribution in [-0.4, -0.2) is 40.1 Å². The first-order valence-electron chi connectivity index (χ1n) is 9.64. The number of piperidine rings is 1. The molecule has 2 heterocycles. The van der Waals surface area contributed by atoms with Gasteiger partial charge >= 0.3 is 0 Å². The molecule has 2 aliphatic rings. The van der Waals surface area contributed by atoms with Gasteiger partial charge in [-0.1, -0.05) is 37.3 Å². The molecule has 2 fully saturated rings. The van der Waals surface area contributed by atoms with Crippen molar-refractivity contribution in [1.29, 1.82) is 0 Å². The lowest BCUT2D eigenvalue weighted by Crippen LogP contribution is -2.38. The summed E-state index contributed by atoms with van der Waals surface area (Å²) >= 11 is 0. The topological polar surface area (TPSA) is 33.1 Å². The molecule has 2 aromatic rings. The number of nitrogens with one attached hydrogen (secondary N) is 1. The average molecular weight is 375 g/mol. The lowest BCUT2D eigenvalue weighted by Gasteiger charge is -2.31. The number of hydrogen-bond acceptors (Lipinski definition) is 3. The normalized spacial score (nSPS) is 22.2. The van der Waals surface area contributed by atoms with Gasteiger partial charge in [-0.25, -0.2) is 4.98 Å². The average Bonchev–Trinajstić information content (AvgIpc) is 3.17. The van der Waals surface area contributed by atoms with Crippen molar-refractivity contribution in [3.8, 4) is 0 Å². The number of nitrogens with zero attached hydrogens (tertiary/aromatic N) is 3. The molecule has 4 nitrogen and oxygen atoms in total. The second-order valence-electron chi connectivity index (χ2n) is 8.03. The van der Waals surface area contributed by atoms with Crippen molar-refractivity contribution in [2.24, 2.45) is 12.5 Å². The van der Waals surface area contributed by atoms with Gasteiger partial charge in [0.1, 0.15) is 5.82 Å². The molecule has 1 aromatic carbocycles. The second kappa shape index (κ2) is 8.12. The quantitative estimate of drug-likeness (QED) is 0.838. The van der Waals surface area contributed by atoms with Crippen LogP contribution < -0.4 is 5.32 Å². The van der Waals surface area contributed by atoms with E-state index in [0.717, 1.165) is 19.1 Å². The molecular weight excluding hydrogens is 344 g/mol. The Morgan fingerprint density at radius 3 is 2.65 bits per heavy atom. The van der Waals surface area contributed by atoms with E-state index in [2.05, 4.69) is 70.3 Å². The molecule has 1 spiro atoms. The monoisotopic (exact) mass is 374 g/mol. The molecule has 1 N–H and O–H groups in total. The fraction of sp³-hybridized carbons (Fsp3) is 0.571. The van der Waals surface area contributed by atoms with Gasteiger partial charge in [0, 0.05) is 32.0 Å². The first-order chi connectivity index (χ1) is 12.2. The first kappa shape index (κ1) is 19.4. The third-order valence-electron chi connectivity index (χ3n) is 6.33. The van der Waals surface area contributed by atoms with Crippen molar-refractivity contribution in [2.45, 2.75) is 44.7 Å². The van der Waals surface area contributed by atoms with Crippen molar-refractivity contribution in [2.75, 3.05) is 19.6 Å². The van der Waals surface area contributed by atoms with E-state index in [1.165, 1.54) is 43.7 Å². The number of rotatable bonds is 6. The zero-order valence-electron chi connectivity index (χ0n) is 15.9. The van der Waals surface area contributed by atoms with Crippen molar-refractivity contribution < 1.29 is 0 Å². The summed E-state index contributed by atoms with van der Waals surface area (Å²) < 4.78 is 2.16. The summed E-state index contributed by atoms with van der Waals surface area (Å²) in [6, 6.07) is 11.7. The Balaban J connectivity index is 0.00000196. The van der Waals surface area contributed by atoms with Crippen LogP contribution in [0.25, 0.3) is 0 Å². The zero-order chi connectivity index (χ0) is 17.3. The molecule has 1 saturated carbocycles. The number of halogens is 1. The molecule has 1 aromatic heterocycles. The van der Waals surface area contributed by atoms with Crippen LogP contribution >= 0.6 is 12.4 Å².